The Bertz CT molecular complexity index is 1010. The Morgan fingerprint density at radius 2 is 1.90 bits per heavy atom. The van der Waals surface area contributed by atoms with Crippen LogP contribution in [-0.2, 0) is 4.79 Å². The average Bonchev–Trinajstić information content (AvgIpc) is 3.43. The number of hydrogen-bond acceptors (Lipinski definition) is 6. The van der Waals surface area contributed by atoms with Crippen LogP contribution in [0.1, 0.15) is 44.0 Å². The van der Waals surface area contributed by atoms with Gasteiger partial charge in [0.25, 0.3) is 5.89 Å². The number of likely N-dealkylation sites (tertiary alicyclic amines) is 2. The minimum Gasteiger partial charge on any atom is -0.417 e. The Balaban J connectivity index is 1.37. The summed E-state index contributed by atoms with van der Waals surface area (Å²) in [5.41, 5.74) is 0.686. The lowest BCUT2D eigenvalue weighted by atomic mass is 10.1. The van der Waals surface area contributed by atoms with E-state index in [0.29, 0.717) is 24.0 Å². The van der Waals surface area contributed by atoms with Crippen LogP contribution in [0.2, 0.25) is 0 Å². The molecule has 7 nitrogen and oxygen atoms in total. The second-order valence-corrected chi connectivity index (χ2v) is 7.91. The van der Waals surface area contributed by atoms with Crippen LogP contribution < -0.4 is 0 Å². The molecule has 2 saturated heterocycles. The molecule has 0 bridgehead atoms. The SMILES string of the molecule is O=C(CN1CCCCC1)N1CCC[C@@H]1c1nnc(-c2nccc3ccccc23)o1. The van der Waals surface area contributed by atoms with Crippen molar-refractivity contribution >= 4 is 16.7 Å². The van der Waals surface area contributed by atoms with E-state index in [0.717, 1.165) is 43.2 Å². The van der Waals surface area contributed by atoms with Crippen LogP contribution in [-0.4, -0.2) is 57.1 Å². The first-order valence-corrected chi connectivity index (χ1v) is 10.5. The van der Waals surface area contributed by atoms with Gasteiger partial charge in [0.15, 0.2) is 0 Å². The van der Waals surface area contributed by atoms with Crippen molar-refractivity contribution in [2.45, 2.75) is 38.1 Å². The first kappa shape index (κ1) is 18.2. The number of carbonyl (C=O) groups is 1. The highest BCUT2D eigenvalue weighted by Gasteiger charge is 2.34. The molecule has 0 aliphatic carbocycles. The van der Waals surface area contributed by atoms with E-state index in [1.807, 2.05) is 35.2 Å². The maximum absolute atomic E-state index is 12.9. The number of benzene rings is 1. The number of aromatic nitrogens is 3. The van der Waals surface area contributed by atoms with Gasteiger partial charge >= 0.3 is 0 Å². The van der Waals surface area contributed by atoms with Crippen molar-refractivity contribution in [3.05, 3.63) is 42.4 Å². The van der Waals surface area contributed by atoms with E-state index in [4.69, 9.17) is 4.42 Å². The van der Waals surface area contributed by atoms with Gasteiger partial charge in [-0.3, -0.25) is 14.7 Å². The number of hydrogen-bond donors (Lipinski definition) is 0. The lowest BCUT2D eigenvalue weighted by molar-refractivity contribution is -0.134. The van der Waals surface area contributed by atoms with E-state index in [1.54, 1.807) is 6.20 Å². The predicted molar refractivity (Wildman–Crippen MR) is 109 cm³/mol. The summed E-state index contributed by atoms with van der Waals surface area (Å²) >= 11 is 0. The van der Waals surface area contributed by atoms with Crippen LogP contribution in [0.25, 0.3) is 22.4 Å². The van der Waals surface area contributed by atoms with E-state index in [-0.39, 0.29) is 11.9 Å². The zero-order valence-electron chi connectivity index (χ0n) is 16.5. The molecule has 2 aromatic heterocycles. The number of amides is 1. The van der Waals surface area contributed by atoms with Crippen molar-refractivity contribution in [1.29, 1.82) is 0 Å². The molecular weight excluding hydrogens is 366 g/mol. The van der Waals surface area contributed by atoms with Crippen molar-refractivity contribution in [3.8, 4) is 11.6 Å². The van der Waals surface area contributed by atoms with Crippen LogP contribution in [0.5, 0.6) is 0 Å². The highest BCUT2D eigenvalue weighted by molar-refractivity contribution is 5.92. The highest BCUT2D eigenvalue weighted by atomic mass is 16.4. The molecule has 4 heterocycles. The standard InChI is InChI=1S/C22H25N5O2/c28-19(15-26-12-4-1-5-13-26)27-14-6-9-18(27)21-24-25-22(29-21)20-17-8-3-2-7-16(17)10-11-23-20/h2-3,7-8,10-11,18H,1,4-6,9,12-15H2/t18-/m1/s1. The van der Waals surface area contributed by atoms with Crippen molar-refractivity contribution in [2.75, 3.05) is 26.2 Å². The Hall–Kier alpha value is -2.80. The van der Waals surface area contributed by atoms with Gasteiger partial charge < -0.3 is 9.32 Å². The Labute approximate surface area is 169 Å². The number of piperidine rings is 1. The topological polar surface area (TPSA) is 75.4 Å². The van der Waals surface area contributed by atoms with E-state index in [2.05, 4.69) is 20.1 Å². The summed E-state index contributed by atoms with van der Waals surface area (Å²) in [6.45, 7) is 3.27. The van der Waals surface area contributed by atoms with Crippen molar-refractivity contribution < 1.29 is 9.21 Å². The van der Waals surface area contributed by atoms with Gasteiger partial charge in [-0.1, -0.05) is 30.7 Å². The molecule has 0 N–H and O–H groups in total. The van der Waals surface area contributed by atoms with E-state index in [1.165, 1.54) is 19.3 Å². The van der Waals surface area contributed by atoms with Gasteiger partial charge in [0, 0.05) is 18.1 Å². The molecule has 3 aromatic rings. The second kappa shape index (κ2) is 7.91. The van der Waals surface area contributed by atoms with E-state index >= 15 is 0 Å². The van der Waals surface area contributed by atoms with Gasteiger partial charge in [0.1, 0.15) is 11.7 Å². The van der Waals surface area contributed by atoms with Gasteiger partial charge in [-0.15, -0.1) is 10.2 Å². The summed E-state index contributed by atoms with van der Waals surface area (Å²) in [6.07, 6.45) is 7.20. The third-order valence-electron chi connectivity index (χ3n) is 5.98. The van der Waals surface area contributed by atoms with Crippen LogP contribution in [0.15, 0.2) is 40.9 Å². The number of rotatable bonds is 4. The van der Waals surface area contributed by atoms with Crippen LogP contribution >= 0.6 is 0 Å². The van der Waals surface area contributed by atoms with Crippen LogP contribution in [0.3, 0.4) is 0 Å². The third kappa shape index (κ3) is 3.62. The van der Waals surface area contributed by atoms with Gasteiger partial charge in [0.2, 0.25) is 11.8 Å². The summed E-state index contributed by atoms with van der Waals surface area (Å²) in [5.74, 6) is 1.09. The van der Waals surface area contributed by atoms with Gasteiger partial charge in [-0.05, 0) is 50.2 Å². The Kier molecular flexibility index (Phi) is 4.97. The number of nitrogens with zero attached hydrogens (tertiary/aromatic N) is 5. The fourth-order valence-electron chi connectivity index (χ4n) is 4.48. The Morgan fingerprint density at radius 1 is 1.03 bits per heavy atom. The lowest BCUT2D eigenvalue weighted by Gasteiger charge is -2.29. The van der Waals surface area contributed by atoms with Crippen LogP contribution in [0, 0.1) is 0 Å². The smallest absolute Gasteiger partial charge is 0.267 e. The summed E-state index contributed by atoms with van der Waals surface area (Å²) in [6, 6.07) is 9.84. The molecule has 0 spiro atoms. The molecule has 2 fully saturated rings. The molecule has 150 valence electrons. The van der Waals surface area contributed by atoms with E-state index < -0.39 is 0 Å². The first-order valence-electron chi connectivity index (χ1n) is 10.5. The number of carbonyl (C=O) groups excluding carboxylic acids is 1. The maximum atomic E-state index is 12.9. The molecule has 2 aliphatic rings. The number of pyridine rings is 1. The minimum absolute atomic E-state index is 0.136. The second-order valence-electron chi connectivity index (χ2n) is 7.91. The molecule has 7 heteroatoms. The quantitative estimate of drug-likeness (QED) is 0.678. The maximum Gasteiger partial charge on any atom is 0.267 e. The molecule has 2 aliphatic heterocycles. The summed E-state index contributed by atoms with van der Waals surface area (Å²) in [5, 5.41) is 10.6. The molecule has 1 atom stereocenters. The normalized spacial score (nSPS) is 20.4. The first-order chi connectivity index (χ1) is 14.3. The molecule has 29 heavy (non-hydrogen) atoms. The molecule has 1 amide bonds. The fourth-order valence-corrected chi connectivity index (χ4v) is 4.48. The fraction of sp³-hybridized carbons (Fsp3) is 0.455. The summed E-state index contributed by atoms with van der Waals surface area (Å²) in [4.78, 5) is 21.6. The van der Waals surface area contributed by atoms with Crippen molar-refractivity contribution in [3.63, 3.8) is 0 Å². The highest BCUT2D eigenvalue weighted by Crippen LogP contribution is 2.33. The lowest BCUT2D eigenvalue weighted by Crippen LogP contribution is -2.42. The summed E-state index contributed by atoms with van der Waals surface area (Å²) < 4.78 is 6.04. The molecule has 0 unspecified atom stereocenters. The van der Waals surface area contributed by atoms with Gasteiger partial charge in [0.05, 0.1) is 6.54 Å². The zero-order valence-corrected chi connectivity index (χ0v) is 16.5. The van der Waals surface area contributed by atoms with Crippen molar-refractivity contribution in [2.24, 2.45) is 0 Å². The molecule has 0 radical (unpaired) electrons. The van der Waals surface area contributed by atoms with Gasteiger partial charge in [-0.25, -0.2) is 0 Å². The molecular formula is C22H25N5O2. The monoisotopic (exact) mass is 391 g/mol. The van der Waals surface area contributed by atoms with Crippen LogP contribution in [0.4, 0.5) is 0 Å². The van der Waals surface area contributed by atoms with Gasteiger partial charge in [-0.2, -0.15) is 0 Å². The van der Waals surface area contributed by atoms with E-state index in [9.17, 15) is 4.79 Å². The summed E-state index contributed by atoms with van der Waals surface area (Å²) in [7, 11) is 0. The van der Waals surface area contributed by atoms with Crippen molar-refractivity contribution in [1.82, 2.24) is 25.0 Å². The largest absolute Gasteiger partial charge is 0.417 e. The molecule has 0 saturated carbocycles. The zero-order chi connectivity index (χ0) is 19.6. The predicted octanol–water partition coefficient (Wildman–Crippen LogP) is 3.43. The Morgan fingerprint density at radius 3 is 2.79 bits per heavy atom. The molecule has 1 aromatic carbocycles. The number of fused-ring (bicyclic) bond motifs is 1. The third-order valence-corrected chi connectivity index (χ3v) is 5.98. The average molecular weight is 391 g/mol. The molecule has 5 rings (SSSR count). The minimum atomic E-state index is -0.136.